The zero-order valence-electron chi connectivity index (χ0n) is 8.33. The van der Waals surface area contributed by atoms with Gasteiger partial charge in [-0.15, -0.1) is 10.2 Å². The molecule has 1 rings (SSSR count). The van der Waals surface area contributed by atoms with E-state index in [2.05, 4.69) is 26.1 Å². The summed E-state index contributed by atoms with van der Waals surface area (Å²) >= 11 is 3.35. The fourth-order valence-corrected chi connectivity index (χ4v) is 1.58. The van der Waals surface area contributed by atoms with Crippen LogP contribution < -0.4 is 0 Å². The van der Waals surface area contributed by atoms with Crippen molar-refractivity contribution in [3.63, 3.8) is 0 Å². The molecule has 0 saturated heterocycles. The number of ether oxygens (including phenoxy) is 1. The Labute approximate surface area is 86.4 Å². The smallest absolute Gasteiger partial charge is 0.164 e. The SMILES string of the molecule is COC(C)(C)c1nnc(CBr)n1C. The van der Waals surface area contributed by atoms with E-state index in [1.807, 2.05) is 25.5 Å². The van der Waals surface area contributed by atoms with Crippen molar-refractivity contribution in [1.82, 2.24) is 14.8 Å². The van der Waals surface area contributed by atoms with Gasteiger partial charge >= 0.3 is 0 Å². The van der Waals surface area contributed by atoms with Crippen LogP contribution in [0.5, 0.6) is 0 Å². The fraction of sp³-hybridized carbons (Fsp3) is 0.750. The Bertz CT molecular complexity index is 296. The molecule has 0 saturated carbocycles. The van der Waals surface area contributed by atoms with Crippen molar-refractivity contribution in [2.45, 2.75) is 24.8 Å². The van der Waals surface area contributed by atoms with Gasteiger partial charge in [0.25, 0.3) is 0 Å². The number of methoxy groups -OCH3 is 1. The molecular formula is C8H14BrN3O. The van der Waals surface area contributed by atoms with E-state index in [1.54, 1.807) is 7.11 Å². The average Bonchev–Trinajstić information content (AvgIpc) is 2.47. The van der Waals surface area contributed by atoms with Gasteiger partial charge in [0.1, 0.15) is 11.4 Å². The number of hydrogen-bond acceptors (Lipinski definition) is 3. The van der Waals surface area contributed by atoms with Gasteiger partial charge in [0.2, 0.25) is 0 Å². The van der Waals surface area contributed by atoms with Crippen LogP contribution in [0, 0.1) is 0 Å². The van der Waals surface area contributed by atoms with Gasteiger partial charge in [-0.2, -0.15) is 0 Å². The van der Waals surface area contributed by atoms with E-state index in [-0.39, 0.29) is 5.60 Å². The minimum absolute atomic E-state index is 0.387. The summed E-state index contributed by atoms with van der Waals surface area (Å²) in [6.45, 7) is 3.93. The van der Waals surface area contributed by atoms with Gasteiger partial charge < -0.3 is 9.30 Å². The Hall–Kier alpha value is -0.420. The van der Waals surface area contributed by atoms with Crippen LogP contribution in [0.1, 0.15) is 25.5 Å². The molecule has 1 heterocycles. The molecule has 0 aliphatic carbocycles. The van der Waals surface area contributed by atoms with E-state index >= 15 is 0 Å². The molecule has 0 aliphatic rings. The summed E-state index contributed by atoms with van der Waals surface area (Å²) in [6.07, 6.45) is 0. The molecule has 0 bridgehead atoms. The molecule has 0 amide bonds. The summed E-state index contributed by atoms with van der Waals surface area (Å²) < 4.78 is 7.27. The summed E-state index contributed by atoms with van der Waals surface area (Å²) in [5, 5.41) is 8.83. The quantitative estimate of drug-likeness (QED) is 0.762. The average molecular weight is 248 g/mol. The van der Waals surface area contributed by atoms with Crippen molar-refractivity contribution in [3.05, 3.63) is 11.6 Å². The molecule has 1 aromatic rings. The van der Waals surface area contributed by atoms with Gasteiger partial charge in [0.15, 0.2) is 5.82 Å². The highest BCUT2D eigenvalue weighted by molar-refractivity contribution is 9.08. The summed E-state index contributed by atoms with van der Waals surface area (Å²) in [6, 6.07) is 0. The first kappa shape index (κ1) is 10.7. The molecule has 0 fully saturated rings. The number of rotatable bonds is 3. The number of nitrogens with zero attached hydrogens (tertiary/aromatic N) is 3. The Morgan fingerprint density at radius 1 is 1.46 bits per heavy atom. The molecule has 0 unspecified atom stereocenters. The predicted molar refractivity (Wildman–Crippen MR) is 53.7 cm³/mol. The molecule has 1 aromatic heterocycles. The summed E-state index contributed by atoms with van der Waals surface area (Å²) in [4.78, 5) is 0. The molecule has 0 radical (unpaired) electrons. The maximum atomic E-state index is 5.32. The van der Waals surface area contributed by atoms with Gasteiger partial charge in [-0.25, -0.2) is 0 Å². The van der Waals surface area contributed by atoms with Crippen molar-refractivity contribution in [2.24, 2.45) is 7.05 Å². The lowest BCUT2D eigenvalue weighted by Gasteiger charge is -2.21. The molecular weight excluding hydrogens is 234 g/mol. The van der Waals surface area contributed by atoms with Crippen molar-refractivity contribution < 1.29 is 4.74 Å². The molecule has 74 valence electrons. The Balaban J connectivity index is 3.09. The van der Waals surface area contributed by atoms with E-state index in [0.29, 0.717) is 5.33 Å². The lowest BCUT2D eigenvalue weighted by atomic mass is 10.1. The maximum absolute atomic E-state index is 5.32. The third-order valence-corrected chi connectivity index (χ3v) is 2.63. The molecule has 0 atom stereocenters. The Morgan fingerprint density at radius 3 is 2.46 bits per heavy atom. The first-order valence-electron chi connectivity index (χ1n) is 4.02. The predicted octanol–water partition coefficient (Wildman–Crippen LogP) is 1.59. The molecule has 13 heavy (non-hydrogen) atoms. The minimum Gasteiger partial charge on any atom is -0.371 e. The van der Waals surface area contributed by atoms with Crippen molar-refractivity contribution in [3.8, 4) is 0 Å². The molecule has 0 spiro atoms. The zero-order chi connectivity index (χ0) is 10.1. The minimum atomic E-state index is -0.387. The van der Waals surface area contributed by atoms with Crippen molar-refractivity contribution >= 4 is 15.9 Å². The van der Waals surface area contributed by atoms with E-state index in [9.17, 15) is 0 Å². The number of hydrogen-bond donors (Lipinski definition) is 0. The molecule has 0 aliphatic heterocycles. The molecule has 4 nitrogen and oxygen atoms in total. The second-order valence-electron chi connectivity index (χ2n) is 3.35. The van der Waals surface area contributed by atoms with Crippen LogP contribution in [0.2, 0.25) is 0 Å². The summed E-state index contributed by atoms with van der Waals surface area (Å²) in [5.74, 6) is 1.74. The highest BCUT2D eigenvalue weighted by atomic mass is 79.9. The highest BCUT2D eigenvalue weighted by Crippen LogP contribution is 2.21. The first-order valence-corrected chi connectivity index (χ1v) is 5.15. The van der Waals surface area contributed by atoms with E-state index in [0.717, 1.165) is 11.6 Å². The molecule has 5 heteroatoms. The monoisotopic (exact) mass is 247 g/mol. The Kier molecular flexibility index (Phi) is 3.08. The van der Waals surface area contributed by atoms with E-state index in [1.165, 1.54) is 0 Å². The highest BCUT2D eigenvalue weighted by Gasteiger charge is 2.26. The third-order valence-electron chi connectivity index (χ3n) is 2.13. The van der Waals surface area contributed by atoms with Gasteiger partial charge in [0.05, 0.1) is 5.33 Å². The number of aromatic nitrogens is 3. The van der Waals surface area contributed by atoms with Crippen LogP contribution >= 0.6 is 15.9 Å². The second-order valence-corrected chi connectivity index (χ2v) is 3.91. The van der Waals surface area contributed by atoms with E-state index in [4.69, 9.17) is 4.74 Å². The van der Waals surface area contributed by atoms with Crippen molar-refractivity contribution in [2.75, 3.05) is 7.11 Å². The van der Waals surface area contributed by atoms with Crippen LogP contribution in [0.4, 0.5) is 0 Å². The number of alkyl halides is 1. The van der Waals surface area contributed by atoms with Crippen LogP contribution in [0.25, 0.3) is 0 Å². The first-order chi connectivity index (χ1) is 6.03. The van der Waals surface area contributed by atoms with Crippen LogP contribution in [-0.4, -0.2) is 21.9 Å². The van der Waals surface area contributed by atoms with Crippen LogP contribution in [0.15, 0.2) is 0 Å². The van der Waals surface area contributed by atoms with Crippen LogP contribution in [0.3, 0.4) is 0 Å². The third kappa shape index (κ3) is 1.91. The summed E-state index contributed by atoms with van der Waals surface area (Å²) in [5.41, 5.74) is -0.387. The van der Waals surface area contributed by atoms with Gasteiger partial charge in [0, 0.05) is 14.2 Å². The second kappa shape index (κ2) is 3.75. The van der Waals surface area contributed by atoms with Gasteiger partial charge in [-0.3, -0.25) is 0 Å². The standard InChI is InChI=1S/C8H14BrN3O/c1-8(2,13-4)7-11-10-6(5-9)12(7)3/h5H2,1-4H3. The normalized spacial score (nSPS) is 12.1. The summed E-state index contributed by atoms with van der Waals surface area (Å²) in [7, 11) is 3.61. The molecule has 0 aromatic carbocycles. The van der Waals surface area contributed by atoms with Crippen LogP contribution in [-0.2, 0) is 22.7 Å². The fourth-order valence-electron chi connectivity index (χ4n) is 1.09. The number of halogens is 1. The zero-order valence-corrected chi connectivity index (χ0v) is 9.92. The maximum Gasteiger partial charge on any atom is 0.164 e. The van der Waals surface area contributed by atoms with Gasteiger partial charge in [-0.1, -0.05) is 15.9 Å². The van der Waals surface area contributed by atoms with E-state index < -0.39 is 0 Å². The lowest BCUT2D eigenvalue weighted by molar-refractivity contribution is 0.00887. The molecule has 0 N–H and O–H groups in total. The largest absolute Gasteiger partial charge is 0.371 e. The van der Waals surface area contributed by atoms with Gasteiger partial charge in [-0.05, 0) is 13.8 Å². The lowest BCUT2D eigenvalue weighted by Crippen LogP contribution is -2.24. The Morgan fingerprint density at radius 2 is 2.08 bits per heavy atom. The van der Waals surface area contributed by atoms with Crippen molar-refractivity contribution in [1.29, 1.82) is 0 Å². The topological polar surface area (TPSA) is 39.9 Å².